The van der Waals surface area contributed by atoms with Crippen LogP contribution in [-0.2, 0) is 16.2 Å². The topological polar surface area (TPSA) is 137 Å². The standard InChI is InChI=1S/C25H17N3O8/c29-23-20(24(30)27(25(31)26-23)17-6-9-21-22(12-17)36-14-35-21)11-15-4-7-19(8-5-15)34-13-16-2-1-3-18(10-16)28(32)33/h1-12H,13-14H2,(H,26,29,31)/b20-11+. The van der Waals surface area contributed by atoms with E-state index in [1.165, 1.54) is 30.3 Å². The Labute approximate surface area is 203 Å². The van der Waals surface area contributed by atoms with Crippen molar-refractivity contribution >= 4 is 35.3 Å². The number of hydrogen-bond donors (Lipinski definition) is 1. The summed E-state index contributed by atoms with van der Waals surface area (Å²) in [4.78, 5) is 49.2. The molecule has 2 heterocycles. The van der Waals surface area contributed by atoms with Crippen molar-refractivity contribution in [1.82, 2.24) is 5.32 Å². The fourth-order valence-electron chi connectivity index (χ4n) is 3.67. The normalized spacial score (nSPS) is 15.7. The maximum absolute atomic E-state index is 13.1. The molecule has 2 aliphatic rings. The van der Waals surface area contributed by atoms with Crippen LogP contribution in [0.15, 0.2) is 72.3 Å². The number of ether oxygens (including phenoxy) is 3. The Bertz CT molecular complexity index is 1430. The molecule has 11 heteroatoms. The molecular formula is C25H17N3O8. The highest BCUT2D eigenvalue weighted by Gasteiger charge is 2.37. The van der Waals surface area contributed by atoms with Crippen molar-refractivity contribution in [2.24, 2.45) is 0 Å². The number of fused-ring (bicyclic) bond motifs is 1. The second kappa shape index (κ2) is 9.22. The van der Waals surface area contributed by atoms with Crippen LogP contribution in [0, 0.1) is 10.1 Å². The molecule has 1 N–H and O–H groups in total. The summed E-state index contributed by atoms with van der Waals surface area (Å²) in [6.07, 6.45) is 1.37. The molecule has 1 saturated heterocycles. The second-order valence-corrected chi connectivity index (χ2v) is 7.78. The minimum Gasteiger partial charge on any atom is -0.489 e. The fraction of sp³-hybridized carbons (Fsp3) is 0.0800. The lowest BCUT2D eigenvalue weighted by molar-refractivity contribution is -0.384. The van der Waals surface area contributed by atoms with E-state index in [1.807, 2.05) is 0 Å². The number of nitrogens with one attached hydrogen (secondary N) is 1. The van der Waals surface area contributed by atoms with Gasteiger partial charge >= 0.3 is 6.03 Å². The Kier molecular flexibility index (Phi) is 5.79. The first kappa shape index (κ1) is 22.6. The van der Waals surface area contributed by atoms with E-state index in [-0.39, 0.29) is 30.3 Å². The molecule has 5 rings (SSSR count). The Morgan fingerprint density at radius 3 is 2.56 bits per heavy atom. The quantitative estimate of drug-likeness (QED) is 0.241. The van der Waals surface area contributed by atoms with Crippen LogP contribution in [0.25, 0.3) is 6.08 Å². The third-order valence-electron chi connectivity index (χ3n) is 5.43. The molecule has 4 amide bonds. The lowest BCUT2D eigenvalue weighted by atomic mass is 10.1. The van der Waals surface area contributed by atoms with Gasteiger partial charge in [-0.05, 0) is 41.5 Å². The molecule has 0 radical (unpaired) electrons. The Morgan fingerprint density at radius 2 is 1.78 bits per heavy atom. The van der Waals surface area contributed by atoms with Crippen LogP contribution in [0.5, 0.6) is 17.2 Å². The zero-order valence-electron chi connectivity index (χ0n) is 18.5. The number of rotatable bonds is 6. The van der Waals surface area contributed by atoms with E-state index in [0.29, 0.717) is 28.4 Å². The summed E-state index contributed by atoms with van der Waals surface area (Å²) in [5.74, 6) is -0.235. The molecule has 0 bridgehead atoms. The number of carbonyl (C=O) groups excluding carboxylic acids is 3. The molecular weight excluding hydrogens is 470 g/mol. The number of hydrogen-bond acceptors (Lipinski definition) is 8. The van der Waals surface area contributed by atoms with E-state index in [4.69, 9.17) is 14.2 Å². The van der Waals surface area contributed by atoms with Gasteiger partial charge in [0.05, 0.1) is 10.6 Å². The molecule has 3 aromatic carbocycles. The molecule has 0 atom stereocenters. The molecule has 0 unspecified atom stereocenters. The van der Waals surface area contributed by atoms with E-state index >= 15 is 0 Å². The number of anilines is 1. The summed E-state index contributed by atoms with van der Waals surface area (Å²) in [6, 6.07) is 16.4. The number of nitrogens with zero attached hydrogens (tertiary/aromatic N) is 2. The van der Waals surface area contributed by atoms with Crippen molar-refractivity contribution in [3.05, 3.63) is 93.5 Å². The lowest BCUT2D eigenvalue weighted by Crippen LogP contribution is -2.54. The van der Waals surface area contributed by atoms with Crippen molar-refractivity contribution in [3.63, 3.8) is 0 Å². The molecule has 11 nitrogen and oxygen atoms in total. The monoisotopic (exact) mass is 487 g/mol. The van der Waals surface area contributed by atoms with E-state index in [2.05, 4.69) is 5.32 Å². The lowest BCUT2D eigenvalue weighted by Gasteiger charge is -2.26. The highest BCUT2D eigenvalue weighted by molar-refractivity contribution is 6.39. The summed E-state index contributed by atoms with van der Waals surface area (Å²) >= 11 is 0. The smallest absolute Gasteiger partial charge is 0.335 e. The summed E-state index contributed by atoms with van der Waals surface area (Å²) in [7, 11) is 0. The largest absolute Gasteiger partial charge is 0.489 e. The fourth-order valence-corrected chi connectivity index (χ4v) is 3.67. The van der Waals surface area contributed by atoms with Crippen molar-refractivity contribution in [1.29, 1.82) is 0 Å². The number of imide groups is 2. The number of amides is 4. The summed E-state index contributed by atoms with van der Waals surface area (Å²) in [5.41, 5.74) is 1.13. The van der Waals surface area contributed by atoms with Gasteiger partial charge in [-0.15, -0.1) is 0 Å². The number of nitro groups is 1. The van der Waals surface area contributed by atoms with E-state index in [0.717, 1.165) is 4.90 Å². The van der Waals surface area contributed by atoms with Gasteiger partial charge in [0.1, 0.15) is 17.9 Å². The van der Waals surface area contributed by atoms with Crippen LogP contribution in [0.3, 0.4) is 0 Å². The average molecular weight is 487 g/mol. The van der Waals surface area contributed by atoms with Gasteiger partial charge in [0.25, 0.3) is 17.5 Å². The molecule has 36 heavy (non-hydrogen) atoms. The van der Waals surface area contributed by atoms with Crippen LogP contribution in [0.1, 0.15) is 11.1 Å². The number of carbonyl (C=O) groups is 3. The molecule has 180 valence electrons. The first-order valence-corrected chi connectivity index (χ1v) is 10.7. The van der Waals surface area contributed by atoms with Crippen molar-refractivity contribution in [3.8, 4) is 17.2 Å². The molecule has 1 fully saturated rings. The van der Waals surface area contributed by atoms with Crippen LogP contribution in [-0.4, -0.2) is 29.6 Å². The van der Waals surface area contributed by atoms with E-state index < -0.39 is 22.8 Å². The van der Waals surface area contributed by atoms with Gasteiger partial charge in [-0.2, -0.15) is 0 Å². The maximum Gasteiger partial charge on any atom is 0.335 e. The number of non-ortho nitro benzene ring substituents is 1. The van der Waals surface area contributed by atoms with Crippen LogP contribution >= 0.6 is 0 Å². The number of nitro benzene ring substituents is 1. The van der Waals surface area contributed by atoms with Gasteiger partial charge in [0.15, 0.2) is 11.5 Å². The summed E-state index contributed by atoms with van der Waals surface area (Å²) in [5, 5.41) is 13.1. The highest BCUT2D eigenvalue weighted by atomic mass is 16.7. The van der Waals surface area contributed by atoms with Crippen molar-refractivity contribution in [2.45, 2.75) is 6.61 Å². The number of barbiturate groups is 1. The first-order chi connectivity index (χ1) is 17.4. The van der Waals surface area contributed by atoms with E-state index in [1.54, 1.807) is 42.5 Å². The second-order valence-electron chi connectivity index (χ2n) is 7.78. The Balaban J connectivity index is 1.32. The zero-order chi connectivity index (χ0) is 25.2. The van der Waals surface area contributed by atoms with E-state index in [9.17, 15) is 24.5 Å². The highest BCUT2D eigenvalue weighted by Crippen LogP contribution is 2.36. The first-order valence-electron chi connectivity index (χ1n) is 10.7. The van der Waals surface area contributed by atoms with Gasteiger partial charge in [-0.25, -0.2) is 9.69 Å². The van der Waals surface area contributed by atoms with Gasteiger partial charge in [-0.1, -0.05) is 24.3 Å². The third kappa shape index (κ3) is 4.44. The van der Waals surface area contributed by atoms with Gasteiger partial charge in [-0.3, -0.25) is 25.0 Å². The minimum absolute atomic E-state index is 0.0261. The van der Waals surface area contributed by atoms with Gasteiger partial charge in [0, 0.05) is 18.2 Å². The molecule has 3 aromatic rings. The molecule has 0 aromatic heterocycles. The van der Waals surface area contributed by atoms with Crippen molar-refractivity contribution in [2.75, 3.05) is 11.7 Å². The van der Waals surface area contributed by atoms with Crippen LogP contribution in [0.4, 0.5) is 16.2 Å². The van der Waals surface area contributed by atoms with Crippen LogP contribution in [0.2, 0.25) is 0 Å². The molecule has 2 aliphatic heterocycles. The SMILES string of the molecule is O=C1NC(=O)N(c2ccc3c(c2)OCO3)C(=O)/C1=C/c1ccc(OCc2cccc([N+](=O)[O-])c2)cc1. The van der Waals surface area contributed by atoms with Crippen LogP contribution < -0.4 is 24.4 Å². The minimum atomic E-state index is -0.870. The number of benzene rings is 3. The predicted octanol–water partition coefficient (Wildman–Crippen LogP) is 3.57. The summed E-state index contributed by atoms with van der Waals surface area (Å²) < 4.78 is 16.2. The number of urea groups is 1. The Morgan fingerprint density at radius 1 is 1.00 bits per heavy atom. The maximum atomic E-state index is 13.1. The predicted molar refractivity (Wildman–Crippen MR) is 125 cm³/mol. The van der Waals surface area contributed by atoms with Gasteiger partial charge < -0.3 is 14.2 Å². The third-order valence-corrected chi connectivity index (χ3v) is 5.43. The molecule has 0 spiro atoms. The summed E-state index contributed by atoms with van der Waals surface area (Å²) in [6.45, 7) is 0.156. The molecule has 0 saturated carbocycles. The zero-order valence-corrected chi connectivity index (χ0v) is 18.5. The van der Waals surface area contributed by atoms with Crippen molar-refractivity contribution < 1.29 is 33.5 Å². The van der Waals surface area contributed by atoms with Gasteiger partial charge in [0.2, 0.25) is 6.79 Å². The molecule has 0 aliphatic carbocycles. The average Bonchev–Trinajstić information content (AvgIpc) is 3.34. The Hall–Kier alpha value is -5.19.